The van der Waals surface area contributed by atoms with Gasteiger partial charge in [0.25, 0.3) is 0 Å². The highest BCUT2D eigenvalue weighted by Crippen LogP contribution is 2.22. The summed E-state index contributed by atoms with van der Waals surface area (Å²) in [5.41, 5.74) is 0. The molecule has 2 fully saturated rings. The van der Waals surface area contributed by atoms with Crippen molar-refractivity contribution in [2.45, 2.75) is 31.8 Å². The molecule has 2 saturated heterocycles. The van der Waals surface area contributed by atoms with Crippen LogP contribution in [0.2, 0.25) is 0 Å². The van der Waals surface area contributed by atoms with Crippen LogP contribution in [0.15, 0.2) is 0 Å². The molecule has 6 nitrogen and oxygen atoms in total. The van der Waals surface area contributed by atoms with Crippen molar-refractivity contribution in [2.24, 2.45) is 5.92 Å². The van der Waals surface area contributed by atoms with Gasteiger partial charge in [0.05, 0.1) is 25.3 Å². The van der Waals surface area contributed by atoms with Crippen LogP contribution in [-0.4, -0.2) is 60.3 Å². The van der Waals surface area contributed by atoms with Crippen molar-refractivity contribution in [3.05, 3.63) is 0 Å². The number of carboxylic acid groups (broad SMARTS) is 1. The smallest absolute Gasteiger partial charge is 0.311 e. The van der Waals surface area contributed by atoms with E-state index in [0.717, 1.165) is 19.4 Å². The Morgan fingerprint density at radius 3 is 2.78 bits per heavy atom. The summed E-state index contributed by atoms with van der Waals surface area (Å²) in [4.78, 5) is 25.2. The zero-order valence-electron chi connectivity index (χ0n) is 10.6. The van der Waals surface area contributed by atoms with Crippen LogP contribution >= 0.6 is 0 Å². The molecule has 2 aliphatic rings. The number of nitrogens with one attached hydrogen (secondary N) is 1. The predicted octanol–water partition coefficient (Wildman–Crippen LogP) is -0.313. The summed E-state index contributed by atoms with van der Waals surface area (Å²) in [6.07, 6.45) is 1.83. The first-order chi connectivity index (χ1) is 8.65. The van der Waals surface area contributed by atoms with Gasteiger partial charge in [-0.3, -0.25) is 9.59 Å². The van der Waals surface area contributed by atoms with Crippen molar-refractivity contribution in [2.75, 3.05) is 26.3 Å². The van der Waals surface area contributed by atoms with Gasteiger partial charge in [0.15, 0.2) is 0 Å². The molecule has 0 aromatic rings. The molecule has 3 atom stereocenters. The first kappa shape index (κ1) is 13.3. The van der Waals surface area contributed by atoms with Gasteiger partial charge in [0, 0.05) is 6.54 Å². The van der Waals surface area contributed by atoms with E-state index < -0.39 is 11.9 Å². The molecule has 0 radical (unpaired) electrons. The monoisotopic (exact) mass is 256 g/mol. The first-order valence-corrected chi connectivity index (χ1v) is 6.49. The average Bonchev–Trinajstić information content (AvgIpc) is 3.00. The molecule has 0 aromatic carbocycles. The number of aliphatic carboxylic acids is 1. The van der Waals surface area contributed by atoms with Crippen LogP contribution in [0.4, 0.5) is 0 Å². The number of likely N-dealkylation sites (N-methyl/N-ethyl adjacent to an activating group) is 1. The van der Waals surface area contributed by atoms with Gasteiger partial charge in [-0.15, -0.1) is 0 Å². The SMILES string of the molecule is CCN(C(=O)[C@@H]1CCCN1)C1COCC1C(=O)O. The molecule has 0 bridgehead atoms. The lowest BCUT2D eigenvalue weighted by molar-refractivity contribution is -0.145. The minimum absolute atomic E-state index is 0.0109. The van der Waals surface area contributed by atoms with Crippen LogP contribution in [0, 0.1) is 5.92 Å². The molecule has 2 rings (SSSR count). The highest BCUT2D eigenvalue weighted by Gasteiger charge is 2.41. The normalized spacial score (nSPS) is 31.5. The second-order valence-corrected chi connectivity index (χ2v) is 4.82. The summed E-state index contributed by atoms with van der Waals surface area (Å²) >= 11 is 0. The molecule has 102 valence electrons. The van der Waals surface area contributed by atoms with E-state index in [9.17, 15) is 9.59 Å². The van der Waals surface area contributed by atoms with Crippen molar-refractivity contribution in [1.82, 2.24) is 10.2 Å². The Kier molecular flexibility index (Phi) is 4.19. The maximum Gasteiger partial charge on any atom is 0.311 e. The van der Waals surface area contributed by atoms with Crippen LogP contribution in [0.1, 0.15) is 19.8 Å². The fraction of sp³-hybridized carbons (Fsp3) is 0.833. The van der Waals surface area contributed by atoms with Crippen molar-refractivity contribution in [3.63, 3.8) is 0 Å². The molecule has 18 heavy (non-hydrogen) atoms. The zero-order valence-corrected chi connectivity index (χ0v) is 10.6. The lowest BCUT2D eigenvalue weighted by Crippen LogP contribution is -2.52. The van der Waals surface area contributed by atoms with Gasteiger partial charge in [-0.05, 0) is 26.3 Å². The van der Waals surface area contributed by atoms with E-state index in [1.807, 2.05) is 6.92 Å². The summed E-state index contributed by atoms with van der Waals surface area (Å²) in [7, 11) is 0. The van der Waals surface area contributed by atoms with E-state index in [0.29, 0.717) is 13.2 Å². The van der Waals surface area contributed by atoms with Crippen LogP contribution in [-0.2, 0) is 14.3 Å². The Hall–Kier alpha value is -1.14. The number of carboxylic acids is 1. The maximum absolute atomic E-state index is 12.3. The molecule has 1 amide bonds. The van der Waals surface area contributed by atoms with Crippen molar-refractivity contribution >= 4 is 11.9 Å². The molecule has 0 spiro atoms. The molecule has 2 N–H and O–H groups in total. The number of amides is 1. The minimum atomic E-state index is -0.886. The van der Waals surface area contributed by atoms with Crippen LogP contribution in [0.5, 0.6) is 0 Å². The Morgan fingerprint density at radius 2 is 2.22 bits per heavy atom. The first-order valence-electron chi connectivity index (χ1n) is 6.49. The number of carbonyl (C=O) groups is 2. The van der Waals surface area contributed by atoms with Gasteiger partial charge in [0.2, 0.25) is 5.91 Å². The highest BCUT2D eigenvalue weighted by atomic mass is 16.5. The molecule has 0 saturated carbocycles. The van der Waals surface area contributed by atoms with Gasteiger partial charge in [-0.1, -0.05) is 0 Å². The Bertz CT molecular complexity index is 328. The topological polar surface area (TPSA) is 78.9 Å². The quantitative estimate of drug-likeness (QED) is 0.721. The van der Waals surface area contributed by atoms with E-state index in [1.165, 1.54) is 0 Å². The van der Waals surface area contributed by atoms with Crippen LogP contribution in [0.3, 0.4) is 0 Å². The van der Waals surface area contributed by atoms with Gasteiger partial charge < -0.3 is 20.1 Å². The summed E-state index contributed by atoms with van der Waals surface area (Å²) in [5.74, 6) is -1.48. The molecule has 0 aromatic heterocycles. The van der Waals surface area contributed by atoms with Crippen molar-refractivity contribution < 1.29 is 19.4 Å². The number of hydrogen-bond donors (Lipinski definition) is 2. The average molecular weight is 256 g/mol. The summed E-state index contributed by atoms with van der Waals surface area (Å²) in [6.45, 7) is 3.78. The Labute approximate surface area is 106 Å². The van der Waals surface area contributed by atoms with E-state index in [-0.39, 0.29) is 24.6 Å². The molecule has 2 heterocycles. The standard InChI is InChI=1S/C12H20N2O4/c1-2-14(11(15)9-4-3-5-13-9)10-7-18-6-8(10)12(16)17/h8-10,13H,2-7H2,1H3,(H,16,17)/t8?,9-,10?/m0/s1. The number of hydrogen-bond acceptors (Lipinski definition) is 4. The van der Waals surface area contributed by atoms with E-state index in [2.05, 4.69) is 5.32 Å². The molecule has 2 aliphatic heterocycles. The molecule has 2 unspecified atom stereocenters. The Morgan fingerprint density at radius 1 is 1.44 bits per heavy atom. The van der Waals surface area contributed by atoms with Crippen molar-refractivity contribution in [3.8, 4) is 0 Å². The van der Waals surface area contributed by atoms with Gasteiger partial charge in [-0.2, -0.15) is 0 Å². The summed E-state index contributed by atoms with van der Waals surface area (Å²) < 4.78 is 5.23. The lowest BCUT2D eigenvalue weighted by atomic mass is 10.0. The van der Waals surface area contributed by atoms with E-state index >= 15 is 0 Å². The fourth-order valence-electron chi connectivity index (χ4n) is 2.74. The maximum atomic E-state index is 12.3. The third-order valence-electron chi connectivity index (χ3n) is 3.75. The van der Waals surface area contributed by atoms with Crippen molar-refractivity contribution in [1.29, 1.82) is 0 Å². The number of ether oxygens (including phenoxy) is 1. The lowest BCUT2D eigenvalue weighted by Gasteiger charge is -2.31. The van der Waals surface area contributed by atoms with Gasteiger partial charge in [-0.25, -0.2) is 0 Å². The summed E-state index contributed by atoms with van der Waals surface area (Å²) in [5, 5.41) is 12.3. The minimum Gasteiger partial charge on any atom is -0.481 e. The largest absolute Gasteiger partial charge is 0.481 e. The summed E-state index contributed by atoms with van der Waals surface area (Å²) in [6, 6.07) is -0.484. The molecule has 6 heteroatoms. The Balaban J connectivity index is 2.07. The second-order valence-electron chi connectivity index (χ2n) is 4.82. The van der Waals surface area contributed by atoms with Crippen LogP contribution in [0.25, 0.3) is 0 Å². The van der Waals surface area contributed by atoms with Gasteiger partial charge in [0.1, 0.15) is 5.92 Å². The van der Waals surface area contributed by atoms with Crippen LogP contribution < -0.4 is 5.32 Å². The predicted molar refractivity (Wildman–Crippen MR) is 64.1 cm³/mol. The molecule has 0 aliphatic carbocycles. The molecular formula is C12H20N2O4. The number of carbonyl (C=O) groups excluding carboxylic acids is 1. The highest BCUT2D eigenvalue weighted by molar-refractivity contribution is 5.83. The zero-order chi connectivity index (χ0) is 13.1. The van der Waals surface area contributed by atoms with E-state index in [1.54, 1.807) is 4.90 Å². The van der Waals surface area contributed by atoms with Gasteiger partial charge >= 0.3 is 5.97 Å². The second kappa shape index (κ2) is 5.67. The number of rotatable bonds is 4. The molecular weight excluding hydrogens is 236 g/mol. The third-order valence-corrected chi connectivity index (χ3v) is 3.75. The van der Waals surface area contributed by atoms with E-state index in [4.69, 9.17) is 9.84 Å². The fourth-order valence-corrected chi connectivity index (χ4v) is 2.74. The number of nitrogens with zero attached hydrogens (tertiary/aromatic N) is 1. The third kappa shape index (κ3) is 2.49.